The maximum absolute atomic E-state index is 12.3. The molecule has 1 fully saturated rings. The fourth-order valence-electron chi connectivity index (χ4n) is 3.98. The van der Waals surface area contributed by atoms with Crippen molar-refractivity contribution < 1.29 is 4.79 Å². The molecule has 0 saturated carbocycles. The van der Waals surface area contributed by atoms with Gasteiger partial charge in [0, 0.05) is 38.1 Å². The van der Waals surface area contributed by atoms with Gasteiger partial charge < -0.3 is 10.2 Å². The smallest absolute Gasteiger partial charge is 0.271 e. The Balaban J connectivity index is 1.42. The van der Waals surface area contributed by atoms with E-state index in [4.69, 9.17) is 4.98 Å². The molecule has 7 nitrogen and oxygen atoms in total. The second-order valence-electron chi connectivity index (χ2n) is 7.39. The van der Waals surface area contributed by atoms with Crippen molar-refractivity contribution in [1.82, 2.24) is 20.1 Å². The van der Waals surface area contributed by atoms with E-state index in [0.717, 1.165) is 50.3 Å². The Morgan fingerprint density at radius 2 is 2.07 bits per heavy atom. The third kappa shape index (κ3) is 3.65. The van der Waals surface area contributed by atoms with Gasteiger partial charge in [-0.15, -0.1) is 0 Å². The first-order valence-corrected chi connectivity index (χ1v) is 9.62. The van der Waals surface area contributed by atoms with Gasteiger partial charge in [0.25, 0.3) is 5.91 Å². The first-order valence-electron chi connectivity index (χ1n) is 9.62. The van der Waals surface area contributed by atoms with E-state index < -0.39 is 0 Å². The average molecular weight is 364 g/mol. The molecule has 140 valence electrons. The third-order valence-electron chi connectivity index (χ3n) is 5.48. The van der Waals surface area contributed by atoms with Gasteiger partial charge in [-0.25, -0.2) is 4.98 Å². The van der Waals surface area contributed by atoms with Crippen molar-refractivity contribution in [2.75, 3.05) is 18.0 Å². The zero-order valence-electron chi connectivity index (χ0n) is 15.6. The molecule has 27 heavy (non-hydrogen) atoms. The molecule has 2 aliphatic rings. The van der Waals surface area contributed by atoms with Crippen LogP contribution in [0.4, 0.5) is 5.82 Å². The Hall–Kier alpha value is -2.88. The van der Waals surface area contributed by atoms with Crippen molar-refractivity contribution in [2.24, 2.45) is 7.05 Å². The number of nitriles is 1. The number of hydrogen-bond acceptors (Lipinski definition) is 5. The molecule has 2 aromatic heterocycles. The van der Waals surface area contributed by atoms with Crippen LogP contribution in [0, 0.1) is 11.3 Å². The van der Waals surface area contributed by atoms with E-state index in [1.807, 2.05) is 6.07 Å². The van der Waals surface area contributed by atoms with E-state index in [-0.39, 0.29) is 11.9 Å². The Labute approximate surface area is 159 Å². The van der Waals surface area contributed by atoms with Gasteiger partial charge in [0.05, 0.1) is 5.56 Å². The Kier molecular flexibility index (Phi) is 4.80. The lowest BCUT2D eigenvalue weighted by molar-refractivity contribution is 0.0925. The van der Waals surface area contributed by atoms with Gasteiger partial charge in [-0.2, -0.15) is 10.4 Å². The van der Waals surface area contributed by atoms with Crippen molar-refractivity contribution in [3.8, 4) is 6.07 Å². The zero-order valence-corrected chi connectivity index (χ0v) is 15.6. The van der Waals surface area contributed by atoms with Gasteiger partial charge >= 0.3 is 0 Å². The van der Waals surface area contributed by atoms with E-state index in [9.17, 15) is 10.1 Å². The third-order valence-corrected chi connectivity index (χ3v) is 5.48. The largest absolute Gasteiger partial charge is 0.355 e. The van der Waals surface area contributed by atoms with Gasteiger partial charge in [-0.3, -0.25) is 9.48 Å². The SMILES string of the molecule is Cn1ccc(C(=O)NC2CCN(c3nc4c(cc3C#N)CCCC4)CC2)n1. The van der Waals surface area contributed by atoms with Crippen LogP contribution in [0.3, 0.4) is 0 Å². The number of hydrogen-bond donors (Lipinski definition) is 1. The summed E-state index contributed by atoms with van der Waals surface area (Å²) in [6.45, 7) is 1.57. The zero-order chi connectivity index (χ0) is 18.8. The summed E-state index contributed by atoms with van der Waals surface area (Å²) in [7, 11) is 1.80. The summed E-state index contributed by atoms with van der Waals surface area (Å²) in [6, 6.07) is 6.21. The summed E-state index contributed by atoms with van der Waals surface area (Å²) < 4.78 is 1.63. The fraction of sp³-hybridized carbons (Fsp3) is 0.500. The number of anilines is 1. The number of pyridine rings is 1. The van der Waals surface area contributed by atoms with Crippen LogP contribution in [0.15, 0.2) is 18.3 Å². The standard InChI is InChI=1S/C20H24N6O/c1-25-9-8-18(24-25)20(27)22-16-6-10-26(11-7-16)19-15(13-21)12-14-4-2-3-5-17(14)23-19/h8-9,12,16H,2-7,10-11H2,1H3,(H,22,27). The fourth-order valence-corrected chi connectivity index (χ4v) is 3.98. The Morgan fingerprint density at radius 3 is 2.78 bits per heavy atom. The number of aryl methyl sites for hydroxylation is 3. The predicted molar refractivity (Wildman–Crippen MR) is 102 cm³/mol. The number of carbonyl (C=O) groups excluding carboxylic acids is 1. The van der Waals surface area contributed by atoms with Crippen LogP contribution < -0.4 is 10.2 Å². The predicted octanol–water partition coefficient (Wildman–Crippen LogP) is 1.96. The first-order chi connectivity index (χ1) is 13.1. The number of fused-ring (bicyclic) bond motifs is 1. The summed E-state index contributed by atoms with van der Waals surface area (Å²) in [5.41, 5.74) is 3.51. The maximum Gasteiger partial charge on any atom is 0.271 e. The molecule has 4 rings (SSSR count). The van der Waals surface area contributed by atoms with Crippen LogP contribution in [0.25, 0.3) is 0 Å². The van der Waals surface area contributed by atoms with E-state index in [1.165, 1.54) is 18.4 Å². The van der Waals surface area contributed by atoms with Gasteiger partial charge in [0.2, 0.25) is 0 Å². The first kappa shape index (κ1) is 17.5. The number of aromatic nitrogens is 3. The summed E-state index contributed by atoms with van der Waals surface area (Å²) in [6.07, 6.45) is 7.82. The number of carbonyl (C=O) groups is 1. The van der Waals surface area contributed by atoms with E-state index in [1.54, 1.807) is 24.0 Å². The highest BCUT2D eigenvalue weighted by atomic mass is 16.2. The van der Waals surface area contributed by atoms with Crippen molar-refractivity contribution in [3.05, 3.63) is 40.8 Å². The average Bonchev–Trinajstić information content (AvgIpc) is 3.14. The highest BCUT2D eigenvalue weighted by Crippen LogP contribution is 2.28. The minimum atomic E-state index is -0.126. The second kappa shape index (κ2) is 7.39. The highest BCUT2D eigenvalue weighted by Gasteiger charge is 2.25. The molecule has 0 spiro atoms. The second-order valence-corrected chi connectivity index (χ2v) is 7.39. The molecule has 2 aromatic rings. The molecule has 0 atom stereocenters. The van der Waals surface area contributed by atoms with Crippen molar-refractivity contribution >= 4 is 11.7 Å². The molecular formula is C20H24N6O. The molecule has 0 radical (unpaired) electrons. The van der Waals surface area contributed by atoms with Gasteiger partial charge in [0.15, 0.2) is 0 Å². The lowest BCUT2D eigenvalue weighted by Gasteiger charge is -2.34. The monoisotopic (exact) mass is 364 g/mol. The minimum Gasteiger partial charge on any atom is -0.355 e. The molecule has 0 aromatic carbocycles. The van der Waals surface area contributed by atoms with Gasteiger partial charge in [-0.1, -0.05) is 0 Å². The van der Waals surface area contributed by atoms with Gasteiger partial charge in [0.1, 0.15) is 17.6 Å². The van der Waals surface area contributed by atoms with Crippen LogP contribution >= 0.6 is 0 Å². The van der Waals surface area contributed by atoms with Crippen LogP contribution in [0.5, 0.6) is 0 Å². The molecule has 1 aliphatic carbocycles. The summed E-state index contributed by atoms with van der Waals surface area (Å²) >= 11 is 0. The molecule has 3 heterocycles. The minimum absolute atomic E-state index is 0.124. The van der Waals surface area contributed by atoms with E-state index in [0.29, 0.717) is 11.3 Å². The summed E-state index contributed by atoms with van der Waals surface area (Å²) in [5.74, 6) is 0.686. The molecule has 7 heteroatoms. The van der Waals surface area contributed by atoms with E-state index >= 15 is 0 Å². The summed E-state index contributed by atoms with van der Waals surface area (Å²) in [4.78, 5) is 19.3. The Morgan fingerprint density at radius 1 is 1.30 bits per heavy atom. The lowest BCUT2D eigenvalue weighted by atomic mass is 9.94. The van der Waals surface area contributed by atoms with Crippen LogP contribution in [-0.4, -0.2) is 39.8 Å². The Bertz CT molecular complexity index is 888. The highest BCUT2D eigenvalue weighted by molar-refractivity contribution is 5.92. The number of nitrogens with one attached hydrogen (secondary N) is 1. The number of rotatable bonds is 3. The van der Waals surface area contributed by atoms with Crippen molar-refractivity contribution in [1.29, 1.82) is 5.26 Å². The molecule has 1 N–H and O–H groups in total. The number of amides is 1. The lowest BCUT2D eigenvalue weighted by Crippen LogP contribution is -2.45. The summed E-state index contributed by atoms with van der Waals surface area (Å²) in [5, 5.41) is 16.8. The normalized spacial score (nSPS) is 17.3. The van der Waals surface area contributed by atoms with Crippen molar-refractivity contribution in [2.45, 2.75) is 44.6 Å². The number of nitrogens with zero attached hydrogens (tertiary/aromatic N) is 5. The van der Waals surface area contributed by atoms with Crippen molar-refractivity contribution in [3.63, 3.8) is 0 Å². The molecule has 1 saturated heterocycles. The van der Waals surface area contributed by atoms with E-state index in [2.05, 4.69) is 21.4 Å². The van der Waals surface area contributed by atoms with Gasteiger partial charge in [-0.05, 0) is 56.2 Å². The maximum atomic E-state index is 12.3. The van der Waals surface area contributed by atoms with Crippen LogP contribution in [0.2, 0.25) is 0 Å². The van der Waals surface area contributed by atoms with Crippen LogP contribution in [0.1, 0.15) is 53.0 Å². The number of piperidine rings is 1. The topological polar surface area (TPSA) is 86.8 Å². The quantitative estimate of drug-likeness (QED) is 0.900. The molecule has 1 aliphatic heterocycles. The molecule has 0 unspecified atom stereocenters. The molecular weight excluding hydrogens is 340 g/mol. The molecule has 0 bridgehead atoms. The van der Waals surface area contributed by atoms with Crippen LogP contribution in [-0.2, 0) is 19.9 Å². The molecule has 1 amide bonds.